The van der Waals surface area contributed by atoms with Gasteiger partial charge in [0.05, 0.1) is 11.5 Å². The molecule has 0 saturated carbocycles. The van der Waals surface area contributed by atoms with E-state index in [1.165, 1.54) is 18.2 Å². The number of nitrogens with zero attached hydrogens (tertiary/aromatic N) is 1. The van der Waals surface area contributed by atoms with Crippen molar-refractivity contribution in [2.45, 2.75) is 13.0 Å². The van der Waals surface area contributed by atoms with E-state index in [2.05, 4.69) is 4.74 Å². The van der Waals surface area contributed by atoms with Crippen LogP contribution in [0, 0.1) is 10.1 Å². The molecule has 0 spiro atoms. The van der Waals surface area contributed by atoms with Crippen LogP contribution in [-0.2, 0) is 11.3 Å². The second-order valence-corrected chi connectivity index (χ2v) is 3.06. The summed E-state index contributed by atoms with van der Waals surface area (Å²) in [7, 11) is 0. The third kappa shape index (κ3) is 3.43. The molecule has 0 heterocycles. The zero-order chi connectivity index (χ0) is 12.1. The van der Waals surface area contributed by atoms with Crippen LogP contribution >= 0.6 is 0 Å². The molecular formula is C9H10F2N2O3. The molecule has 1 rings (SSSR count). The maximum absolute atomic E-state index is 11.7. The van der Waals surface area contributed by atoms with Gasteiger partial charge in [0.15, 0.2) is 0 Å². The molecule has 0 aliphatic rings. The third-order valence-corrected chi connectivity index (χ3v) is 1.80. The van der Waals surface area contributed by atoms with E-state index in [9.17, 15) is 18.9 Å². The van der Waals surface area contributed by atoms with Gasteiger partial charge in [-0.25, -0.2) is 8.78 Å². The van der Waals surface area contributed by atoms with Gasteiger partial charge < -0.3 is 10.5 Å². The van der Waals surface area contributed by atoms with Gasteiger partial charge >= 0.3 is 0 Å². The minimum atomic E-state index is -2.53. The number of halogens is 2. The summed E-state index contributed by atoms with van der Waals surface area (Å²) in [6.07, 6.45) is -2.53. The van der Waals surface area contributed by atoms with Crippen molar-refractivity contribution in [3.8, 4) is 0 Å². The van der Waals surface area contributed by atoms with Crippen molar-refractivity contribution in [1.29, 1.82) is 0 Å². The Hall–Kier alpha value is -1.76. The Morgan fingerprint density at radius 2 is 2.19 bits per heavy atom. The molecule has 88 valence electrons. The van der Waals surface area contributed by atoms with Crippen LogP contribution in [0.25, 0.3) is 0 Å². The number of hydrogen-bond donors (Lipinski definition) is 1. The van der Waals surface area contributed by atoms with Crippen LogP contribution in [0.5, 0.6) is 0 Å². The molecule has 1 aromatic carbocycles. The summed E-state index contributed by atoms with van der Waals surface area (Å²) in [5.74, 6) is 0. The van der Waals surface area contributed by atoms with Gasteiger partial charge in [0.1, 0.15) is 12.3 Å². The lowest BCUT2D eigenvalue weighted by molar-refractivity contribution is -0.383. The Bertz CT molecular complexity index is 385. The van der Waals surface area contributed by atoms with Gasteiger partial charge in [-0.1, -0.05) is 0 Å². The first kappa shape index (κ1) is 12.3. The first-order valence-electron chi connectivity index (χ1n) is 4.39. The van der Waals surface area contributed by atoms with Gasteiger partial charge in [0, 0.05) is 6.07 Å². The molecule has 0 aliphatic carbocycles. The van der Waals surface area contributed by atoms with Crippen LogP contribution in [0.4, 0.5) is 20.2 Å². The highest BCUT2D eigenvalue weighted by molar-refractivity contribution is 5.59. The summed E-state index contributed by atoms with van der Waals surface area (Å²) in [6, 6.07) is 3.97. The molecule has 0 aliphatic heterocycles. The number of anilines is 1. The molecule has 0 amide bonds. The van der Waals surface area contributed by atoms with E-state index < -0.39 is 18.0 Å². The molecule has 5 nitrogen and oxygen atoms in total. The number of rotatable bonds is 5. The fraction of sp³-hybridized carbons (Fsp3) is 0.333. The van der Waals surface area contributed by atoms with Crippen molar-refractivity contribution >= 4 is 11.4 Å². The number of benzene rings is 1. The molecule has 1 aromatic rings. The molecular weight excluding hydrogens is 222 g/mol. The number of nitrogen functional groups attached to an aromatic ring is 1. The Morgan fingerprint density at radius 3 is 2.69 bits per heavy atom. The monoisotopic (exact) mass is 232 g/mol. The smallest absolute Gasteiger partial charge is 0.292 e. The molecule has 0 bridgehead atoms. The van der Waals surface area contributed by atoms with Gasteiger partial charge in [-0.05, 0) is 17.7 Å². The molecule has 0 fully saturated rings. The molecule has 0 atom stereocenters. The van der Waals surface area contributed by atoms with E-state index in [0.717, 1.165) is 0 Å². The summed E-state index contributed by atoms with van der Waals surface area (Å²) in [5, 5.41) is 10.4. The zero-order valence-electron chi connectivity index (χ0n) is 8.23. The van der Waals surface area contributed by atoms with Crippen LogP contribution in [0.1, 0.15) is 5.56 Å². The van der Waals surface area contributed by atoms with E-state index in [1.54, 1.807) is 0 Å². The van der Waals surface area contributed by atoms with Crippen molar-refractivity contribution in [2.24, 2.45) is 0 Å². The van der Waals surface area contributed by atoms with E-state index >= 15 is 0 Å². The van der Waals surface area contributed by atoms with Crippen molar-refractivity contribution in [1.82, 2.24) is 0 Å². The Labute approximate surface area is 90.0 Å². The maximum Gasteiger partial charge on any atom is 0.292 e. The van der Waals surface area contributed by atoms with Gasteiger partial charge in [0.25, 0.3) is 12.1 Å². The maximum atomic E-state index is 11.7. The first-order chi connectivity index (χ1) is 7.50. The topological polar surface area (TPSA) is 78.4 Å². The van der Waals surface area contributed by atoms with Crippen molar-refractivity contribution < 1.29 is 18.4 Å². The van der Waals surface area contributed by atoms with Crippen molar-refractivity contribution in [3.63, 3.8) is 0 Å². The van der Waals surface area contributed by atoms with E-state index in [4.69, 9.17) is 5.73 Å². The Balaban J connectivity index is 2.63. The average Bonchev–Trinajstić information content (AvgIpc) is 2.16. The fourth-order valence-electron chi connectivity index (χ4n) is 1.13. The normalized spacial score (nSPS) is 10.7. The van der Waals surface area contributed by atoms with Gasteiger partial charge in [-0.3, -0.25) is 10.1 Å². The highest BCUT2D eigenvalue weighted by Gasteiger charge is 2.11. The second-order valence-electron chi connectivity index (χ2n) is 3.06. The number of ether oxygens (including phenoxy) is 1. The number of alkyl halides is 2. The van der Waals surface area contributed by atoms with Gasteiger partial charge in [-0.15, -0.1) is 0 Å². The van der Waals surface area contributed by atoms with Crippen LogP contribution in [0.15, 0.2) is 18.2 Å². The third-order valence-electron chi connectivity index (χ3n) is 1.80. The SMILES string of the molecule is Nc1cc(COCC(F)F)ccc1[N+](=O)[O-]. The zero-order valence-corrected chi connectivity index (χ0v) is 8.23. The van der Waals surface area contributed by atoms with Crippen LogP contribution < -0.4 is 5.73 Å². The number of nitro benzene ring substituents is 1. The lowest BCUT2D eigenvalue weighted by atomic mass is 10.2. The predicted molar refractivity (Wildman–Crippen MR) is 53.2 cm³/mol. The summed E-state index contributed by atoms with van der Waals surface area (Å²) in [5.41, 5.74) is 5.70. The van der Waals surface area contributed by atoms with Crippen molar-refractivity contribution in [3.05, 3.63) is 33.9 Å². The molecule has 0 saturated heterocycles. The molecule has 0 unspecified atom stereocenters. The van der Waals surface area contributed by atoms with Crippen LogP contribution in [0.3, 0.4) is 0 Å². The summed E-state index contributed by atoms with van der Waals surface area (Å²) in [4.78, 5) is 9.82. The van der Waals surface area contributed by atoms with E-state index in [0.29, 0.717) is 5.56 Å². The average molecular weight is 232 g/mol. The number of nitrogens with two attached hydrogens (primary N) is 1. The van der Waals surface area contributed by atoms with Gasteiger partial charge in [0.2, 0.25) is 0 Å². The second kappa shape index (κ2) is 5.36. The first-order valence-corrected chi connectivity index (χ1v) is 4.39. The molecule has 2 N–H and O–H groups in total. The summed E-state index contributed by atoms with van der Waals surface area (Å²) in [6.45, 7) is -0.719. The highest BCUT2D eigenvalue weighted by Crippen LogP contribution is 2.22. The van der Waals surface area contributed by atoms with Crippen molar-refractivity contribution in [2.75, 3.05) is 12.3 Å². The molecule has 0 radical (unpaired) electrons. The predicted octanol–water partition coefficient (Wildman–Crippen LogP) is 1.96. The lowest BCUT2D eigenvalue weighted by Crippen LogP contribution is -2.04. The molecule has 7 heteroatoms. The van der Waals surface area contributed by atoms with Crippen LogP contribution in [0.2, 0.25) is 0 Å². The molecule has 0 aromatic heterocycles. The van der Waals surface area contributed by atoms with Crippen LogP contribution in [-0.4, -0.2) is 18.0 Å². The fourth-order valence-corrected chi connectivity index (χ4v) is 1.13. The van der Waals surface area contributed by atoms with E-state index in [-0.39, 0.29) is 18.0 Å². The molecule has 16 heavy (non-hydrogen) atoms. The number of hydrogen-bond acceptors (Lipinski definition) is 4. The highest BCUT2D eigenvalue weighted by atomic mass is 19.3. The minimum Gasteiger partial charge on any atom is -0.393 e. The Kier molecular flexibility index (Phi) is 4.12. The summed E-state index contributed by atoms with van der Waals surface area (Å²) >= 11 is 0. The Morgan fingerprint density at radius 1 is 1.50 bits per heavy atom. The quantitative estimate of drug-likeness (QED) is 0.478. The lowest BCUT2D eigenvalue weighted by Gasteiger charge is -2.04. The standard InChI is InChI=1S/C9H10F2N2O3/c10-9(11)5-16-4-6-1-2-8(13(14)15)7(12)3-6/h1-3,9H,4-5,12H2. The minimum absolute atomic E-state index is 0.0110. The van der Waals surface area contributed by atoms with E-state index in [1.807, 2.05) is 0 Å². The number of nitro groups is 1. The largest absolute Gasteiger partial charge is 0.393 e. The summed E-state index contributed by atoms with van der Waals surface area (Å²) < 4.78 is 28.2. The van der Waals surface area contributed by atoms with Gasteiger partial charge in [-0.2, -0.15) is 0 Å².